The quantitative estimate of drug-likeness (QED) is 0.795. The summed E-state index contributed by atoms with van der Waals surface area (Å²) >= 11 is 0. The highest BCUT2D eigenvalue weighted by Crippen LogP contribution is 2.26. The van der Waals surface area contributed by atoms with Crippen LogP contribution in [0.25, 0.3) is 0 Å². The molecule has 1 rings (SSSR count). The summed E-state index contributed by atoms with van der Waals surface area (Å²) in [5.74, 6) is 0.507. The number of rotatable bonds is 4. The van der Waals surface area contributed by atoms with Gasteiger partial charge in [0.1, 0.15) is 0 Å². The number of nitrogens with zero attached hydrogens (tertiary/aromatic N) is 1. The average Bonchev–Trinajstić information content (AvgIpc) is 2.34. The maximum atomic E-state index is 12.4. The van der Waals surface area contributed by atoms with E-state index < -0.39 is 0 Å². The molecule has 0 aliphatic carbocycles. The van der Waals surface area contributed by atoms with Gasteiger partial charge in [-0.3, -0.25) is 4.79 Å². The second kappa shape index (κ2) is 6.53. The minimum Gasteiger partial charge on any atom is -0.396 e. The molecular formula is C14H28N2O2. The molecule has 4 nitrogen and oxygen atoms in total. The van der Waals surface area contributed by atoms with Gasteiger partial charge in [0.2, 0.25) is 5.91 Å². The highest BCUT2D eigenvalue weighted by molar-refractivity contribution is 5.79. The number of hydrogen-bond acceptors (Lipinski definition) is 3. The monoisotopic (exact) mass is 256 g/mol. The largest absolute Gasteiger partial charge is 0.396 e. The molecule has 0 saturated carbocycles. The van der Waals surface area contributed by atoms with Crippen LogP contribution in [-0.2, 0) is 4.79 Å². The van der Waals surface area contributed by atoms with Crippen LogP contribution in [0, 0.1) is 17.3 Å². The number of piperidine rings is 1. The first-order chi connectivity index (χ1) is 8.37. The third kappa shape index (κ3) is 4.58. The number of aliphatic hydroxyl groups is 1. The van der Waals surface area contributed by atoms with Crippen molar-refractivity contribution in [3.05, 3.63) is 0 Å². The maximum absolute atomic E-state index is 12.4. The first-order valence-corrected chi connectivity index (χ1v) is 6.97. The molecule has 1 atom stereocenters. The van der Waals surface area contributed by atoms with Gasteiger partial charge < -0.3 is 15.7 Å². The number of amides is 1. The summed E-state index contributed by atoms with van der Waals surface area (Å²) in [4.78, 5) is 14.3. The zero-order chi connectivity index (χ0) is 13.8. The molecule has 1 amide bonds. The summed E-state index contributed by atoms with van der Waals surface area (Å²) < 4.78 is 0. The van der Waals surface area contributed by atoms with Gasteiger partial charge in [-0.05, 0) is 30.6 Å². The van der Waals surface area contributed by atoms with E-state index in [9.17, 15) is 4.79 Å². The Morgan fingerprint density at radius 3 is 2.33 bits per heavy atom. The molecule has 18 heavy (non-hydrogen) atoms. The molecule has 1 saturated heterocycles. The van der Waals surface area contributed by atoms with Crippen LogP contribution in [0.3, 0.4) is 0 Å². The van der Waals surface area contributed by atoms with Crippen molar-refractivity contribution in [3.63, 3.8) is 0 Å². The van der Waals surface area contributed by atoms with Gasteiger partial charge in [-0.2, -0.15) is 0 Å². The van der Waals surface area contributed by atoms with Gasteiger partial charge in [0.05, 0.1) is 5.92 Å². The van der Waals surface area contributed by atoms with Crippen LogP contribution >= 0.6 is 0 Å². The lowest BCUT2D eigenvalue weighted by molar-refractivity contribution is -0.137. The summed E-state index contributed by atoms with van der Waals surface area (Å²) in [5.41, 5.74) is 5.88. The van der Waals surface area contributed by atoms with Crippen molar-refractivity contribution in [3.8, 4) is 0 Å². The van der Waals surface area contributed by atoms with Crippen molar-refractivity contribution in [2.75, 3.05) is 26.2 Å². The highest BCUT2D eigenvalue weighted by Gasteiger charge is 2.29. The zero-order valence-electron chi connectivity index (χ0n) is 12.0. The minimum atomic E-state index is -0.0596. The fraction of sp³-hybridized carbons (Fsp3) is 0.929. The van der Waals surface area contributed by atoms with Gasteiger partial charge in [0.25, 0.3) is 0 Å². The van der Waals surface area contributed by atoms with E-state index in [2.05, 4.69) is 20.8 Å². The smallest absolute Gasteiger partial charge is 0.226 e. The molecule has 1 unspecified atom stereocenters. The normalized spacial score (nSPS) is 19.9. The van der Waals surface area contributed by atoms with E-state index in [4.69, 9.17) is 10.8 Å². The number of carbonyl (C=O) groups excluding carboxylic acids is 1. The van der Waals surface area contributed by atoms with E-state index in [1.165, 1.54) is 0 Å². The minimum absolute atomic E-state index is 0.0596. The van der Waals surface area contributed by atoms with Crippen LogP contribution < -0.4 is 5.73 Å². The van der Waals surface area contributed by atoms with Gasteiger partial charge in [-0.15, -0.1) is 0 Å². The fourth-order valence-electron chi connectivity index (χ4n) is 2.60. The molecule has 1 fully saturated rings. The predicted octanol–water partition coefficient (Wildman–Crippen LogP) is 1.23. The summed E-state index contributed by atoms with van der Waals surface area (Å²) in [6.07, 6.45) is 2.66. The van der Waals surface area contributed by atoms with Gasteiger partial charge in [-0.1, -0.05) is 20.8 Å². The summed E-state index contributed by atoms with van der Waals surface area (Å²) in [6.45, 7) is 8.62. The van der Waals surface area contributed by atoms with Crippen LogP contribution in [0.1, 0.15) is 40.0 Å². The molecular weight excluding hydrogens is 228 g/mol. The van der Waals surface area contributed by atoms with E-state index in [1.54, 1.807) is 0 Å². The van der Waals surface area contributed by atoms with E-state index >= 15 is 0 Å². The van der Waals surface area contributed by atoms with Crippen molar-refractivity contribution in [2.45, 2.75) is 40.0 Å². The van der Waals surface area contributed by atoms with Crippen LogP contribution in [0.5, 0.6) is 0 Å². The summed E-state index contributed by atoms with van der Waals surface area (Å²) in [5, 5.41) is 9.10. The van der Waals surface area contributed by atoms with E-state index in [0.29, 0.717) is 12.5 Å². The van der Waals surface area contributed by atoms with Gasteiger partial charge in [0.15, 0.2) is 0 Å². The topological polar surface area (TPSA) is 66.6 Å². The lowest BCUT2D eigenvalue weighted by atomic mass is 9.83. The molecule has 1 aliphatic heterocycles. The first-order valence-electron chi connectivity index (χ1n) is 6.97. The first kappa shape index (κ1) is 15.4. The lowest BCUT2D eigenvalue weighted by Gasteiger charge is -2.35. The molecule has 1 aliphatic rings. The van der Waals surface area contributed by atoms with Crippen LogP contribution in [0.15, 0.2) is 0 Å². The molecule has 0 radical (unpaired) electrons. The Balaban J connectivity index is 2.52. The molecule has 0 spiro atoms. The van der Waals surface area contributed by atoms with Crippen molar-refractivity contribution >= 4 is 5.91 Å². The van der Waals surface area contributed by atoms with E-state index in [1.807, 2.05) is 4.90 Å². The summed E-state index contributed by atoms with van der Waals surface area (Å²) in [6, 6.07) is 0. The molecule has 0 bridgehead atoms. The van der Waals surface area contributed by atoms with Gasteiger partial charge >= 0.3 is 0 Å². The second-order valence-electron chi connectivity index (χ2n) is 6.65. The van der Waals surface area contributed by atoms with E-state index in [-0.39, 0.29) is 23.8 Å². The molecule has 1 heterocycles. The third-order valence-corrected chi connectivity index (χ3v) is 3.68. The number of hydrogen-bond donors (Lipinski definition) is 2. The van der Waals surface area contributed by atoms with Crippen LogP contribution in [-0.4, -0.2) is 42.2 Å². The average molecular weight is 256 g/mol. The summed E-state index contributed by atoms with van der Waals surface area (Å²) in [7, 11) is 0. The third-order valence-electron chi connectivity index (χ3n) is 3.68. The van der Waals surface area contributed by atoms with Crippen LogP contribution in [0.2, 0.25) is 0 Å². The van der Waals surface area contributed by atoms with Gasteiger partial charge in [0, 0.05) is 26.2 Å². The Bertz CT molecular complexity index is 265. The van der Waals surface area contributed by atoms with Crippen molar-refractivity contribution in [1.82, 2.24) is 4.90 Å². The maximum Gasteiger partial charge on any atom is 0.226 e. The zero-order valence-corrected chi connectivity index (χ0v) is 12.0. The molecule has 3 N–H and O–H groups in total. The number of likely N-dealkylation sites (tertiary alicyclic amines) is 1. The van der Waals surface area contributed by atoms with Crippen LogP contribution in [0.4, 0.5) is 0 Å². The molecule has 106 valence electrons. The highest BCUT2D eigenvalue weighted by atomic mass is 16.3. The van der Waals surface area contributed by atoms with Crippen molar-refractivity contribution in [1.29, 1.82) is 0 Å². The molecule has 4 heteroatoms. The number of aliphatic hydroxyl groups excluding tert-OH is 1. The van der Waals surface area contributed by atoms with Gasteiger partial charge in [-0.25, -0.2) is 0 Å². The Morgan fingerprint density at radius 2 is 1.94 bits per heavy atom. The SMILES string of the molecule is CC(C)(C)CC(CN)C(=O)N1CCC(CO)CC1. The van der Waals surface area contributed by atoms with Crippen molar-refractivity contribution < 1.29 is 9.90 Å². The predicted molar refractivity (Wildman–Crippen MR) is 73.0 cm³/mol. The number of carbonyl (C=O) groups is 1. The van der Waals surface area contributed by atoms with Crippen molar-refractivity contribution in [2.24, 2.45) is 23.0 Å². The molecule has 0 aromatic heterocycles. The Kier molecular flexibility index (Phi) is 5.60. The molecule has 0 aromatic rings. The Morgan fingerprint density at radius 1 is 1.39 bits per heavy atom. The van der Waals surface area contributed by atoms with E-state index in [0.717, 1.165) is 32.4 Å². The standard InChI is InChI=1S/C14H28N2O2/c1-14(2,3)8-12(9-15)13(18)16-6-4-11(10-17)5-7-16/h11-12,17H,4-10,15H2,1-3H3. The lowest BCUT2D eigenvalue weighted by Crippen LogP contribution is -2.45. The Labute approximate surface area is 111 Å². The molecule has 0 aromatic carbocycles. The number of nitrogens with two attached hydrogens (primary N) is 1. The Hall–Kier alpha value is -0.610. The second-order valence-corrected chi connectivity index (χ2v) is 6.65. The fourth-order valence-corrected chi connectivity index (χ4v) is 2.60.